The number of nitrogen functional groups attached to an aromatic ring is 1. The Balaban J connectivity index is 2.37. The van der Waals surface area contributed by atoms with Crippen molar-refractivity contribution in [1.29, 1.82) is 0 Å². The number of anilines is 2. The average Bonchev–Trinajstić information content (AvgIpc) is 2.35. The number of hydrogen-bond acceptors (Lipinski definition) is 3. The molecule has 0 amide bonds. The lowest BCUT2D eigenvalue weighted by Crippen LogP contribution is -2.13. The Bertz CT molecular complexity index is 657. The summed E-state index contributed by atoms with van der Waals surface area (Å²) in [6, 6.07) is 12.7. The summed E-state index contributed by atoms with van der Waals surface area (Å²) in [5.74, 6) is 0. The Morgan fingerprint density at radius 1 is 1.06 bits per heavy atom. The first kappa shape index (κ1) is 12.7. The van der Waals surface area contributed by atoms with Crippen LogP contribution in [-0.2, 0) is 10.0 Å². The molecule has 6 heteroatoms. The van der Waals surface area contributed by atoms with E-state index >= 15 is 0 Å². The van der Waals surface area contributed by atoms with Crippen LogP contribution in [0.3, 0.4) is 0 Å². The predicted molar refractivity (Wildman–Crippen MR) is 73.1 cm³/mol. The molecule has 0 heterocycles. The van der Waals surface area contributed by atoms with Gasteiger partial charge in [0.15, 0.2) is 0 Å². The van der Waals surface area contributed by atoms with E-state index in [0.717, 1.165) is 0 Å². The van der Waals surface area contributed by atoms with Gasteiger partial charge in [0.25, 0.3) is 10.0 Å². The van der Waals surface area contributed by atoms with Crippen LogP contribution in [0.5, 0.6) is 0 Å². The molecule has 0 saturated carbocycles. The lowest BCUT2D eigenvalue weighted by atomic mass is 10.3. The van der Waals surface area contributed by atoms with E-state index < -0.39 is 10.0 Å². The van der Waals surface area contributed by atoms with E-state index in [1.165, 1.54) is 18.2 Å². The van der Waals surface area contributed by atoms with Crippen molar-refractivity contribution in [1.82, 2.24) is 0 Å². The summed E-state index contributed by atoms with van der Waals surface area (Å²) in [6.07, 6.45) is 0. The van der Waals surface area contributed by atoms with Crippen LogP contribution in [0.4, 0.5) is 11.4 Å². The Kier molecular flexibility index (Phi) is 3.45. The number of halogens is 1. The molecule has 0 unspecified atom stereocenters. The molecule has 0 aromatic heterocycles. The zero-order chi connectivity index (χ0) is 13.2. The maximum Gasteiger partial charge on any atom is 0.261 e. The molecule has 2 aromatic carbocycles. The van der Waals surface area contributed by atoms with Crippen LogP contribution in [0.25, 0.3) is 0 Å². The van der Waals surface area contributed by atoms with Gasteiger partial charge in [0.05, 0.1) is 16.3 Å². The number of hydrogen-bond donors (Lipinski definition) is 2. The first-order chi connectivity index (χ1) is 8.49. The van der Waals surface area contributed by atoms with Crippen LogP contribution in [0.2, 0.25) is 5.02 Å². The van der Waals surface area contributed by atoms with Gasteiger partial charge in [0, 0.05) is 5.02 Å². The summed E-state index contributed by atoms with van der Waals surface area (Å²) in [5, 5.41) is 0.412. The third-order valence-corrected chi connectivity index (χ3v) is 3.93. The molecule has 0 saturated heterocycles. The Morgan fingerprint density at radius 2 is 1.72 bits per heavy atom. The Hall–Kier alpha value is -1.72. The molecule has 0 fully saturated rings. The lowest BCUT2D eigenvalue weighted by Gasteiger charge is -2.10. The fourth-order valence-corrected chi connectivity index (χ4v) is 2.69. The summed E-state index contributed by atoms with van der Waals surface area (Å²) in [4.78, 5) is 0.171. The molecule has 4 nitrogen and oxygen atoms in total. The molecule has 3 N–H and O–H groups in total. The van der Waals surface area contributed by atoms with Crippen molar-refractivity contribution >= 4 is 33.0 Å². The number of benzene rings is 2. The first-order valence-electron chi connectivity index (χ1n) is 5.12. The standard InChI is InChI=1S/C12H11ClN2O2S/c13-9-6-7-11(14)12(8-9)15-18(16,17)10-4-2-1-3-5-10/h1-8,15H,14H2. The van der Waals surface area contributed by atoms with Gasteiger partial charge in [-0.2, -0.15) is 0 Å². The van der Waals surface area contributed by atoms with E-state index in [1.54, 1.807) is 30.3 Å². The van der Waals surface area contributed by atoms with E-state index in [-0.39, 0.29) is 10.6 Å². The minimum Gasteiger partial charge on any atom is -0.397 e. The predicted octanol–water partition coefficient (Wildman–Crippen LogP) is 2.72. The molecule has 0 spiro atoms. The normalized spacial score (nSPS) is 11.2. The number of sulfonamides is 1. The van der Waals surface area contributed by atoms with Gasteiger partial charge in [0.2, 0.25) is 0 Å². The fourth-order valence-electron chi connectivity index (χ4n) is 1.42. The van der Waals surface area contributed by atoms with Crippen molar-refractivity contribution in [3.8, 4) is 0 Å². The molecule has 0 aliphatic rings. The van der Waals surface area contributed by atoms with E-state index in [9.17, 15) is 8.42 Å². The smallest absolute Gasteiger partial charge is 0.261 e. The maximum atomic E-state index is 12.1. The van der Waals surface area contributed by atoms with Crippen LogP contribution < -0.4 is 10.5 Å². The van der Waals surface area contributed by atoms with Crippen LogP contribution in [0, 0.1) is 0 Å². The number of nitrogens with one attached hydrogen (secondary N) is 1. The molecule has 2 aromatic rings. The summed E-state index contributed by atoms with van der Waals surface area (Å²) >= 11 is 5.80. The van der Waals surface area contributed by atoms with E-state index in [4.69, 9.17) is 17.3 Å². The number of rotatable bonds is 3. The van der Waals surface area contributed by atoms with E-state index in [0.29, 0.717) is 10.7 Å². The largest absolute Gasteiger partial charge is 0.397 e. The topological polar surface area (TPSA) is 72.2 Å². The van der Waals surface area contributed by atoms with Gasteiger partial charge in [-0.1, -0.05) is 29.8 Å². The average molecular weight is 283 g/mol. The SMILES string of the molecule is Nc1ccc(Cl)cc1NS(=O)(=O)c1ccccc1. The molecule has 94 valence electrons. The summed E-state index contributed by atoms with van der Waals surface area (Å²) in [6.45, 7) is 0. The third kappa shape index (κ3) is 2.75. The van der Waals surface area contributed by atoms with Gasteiger partial charge in [-0.25, -0.2) is 8.42 Å². The zero-order valence-electron chi connectivity index (χ0n) is 9.30. The van der Waals surface area contributed by atoms with Gasteiger partial charge in [-0.05, 0) is 30.3 Å². The maximum absolute atomic E-state index is 12.1. The van der Waals surface area contributed by atoms with Crippen molar-refractivity contribution in [2.24, 2.45) is 0 Å². The minimum absolute atomic E-state index is 0.171. The third-order valence-electron chi connectivity index (χ3n) is 2.31. The second kappa shape index (κ2) is 4.88. The molecular formula is C12H11ClN2O2S. The second-order valence-electron chi connectivity index (χ2n) is 3.65. The molecule has 0 bridgehead atoms. The molecule has 2 rings (SSSR count). The van der Waals surface area contributed by atoms with Crippen LogP contribution in [-0.4, -0.2) is 8.42 Å². The van der Waals surface area contributed by atoms with Crippen molar-refractivity contribution in [2.45, 2.75) is 4.90 Å². The van der Waals surface area contributed by atoms with Crippen molar-refractivity contribution < 1.29 is 8.42 Å². The minimum atomic E-state index is -3.64. The van der Waals surface area contributed by atoms with Gasteiger partial charge < -0.3 is 5.73 Å². The van der Waals surface area contributed by atoms with E-state index in [2.05, 4.69) is 4.72 Å². The van der Waals surface area contributed by atoms with Gasteiger partial charge in [0.1, 0.15) is 0 Å². The van der Waals surface area contributed by atoms with Crippen LogP contribution in [0.1, 0.15) is 0 Å². The molecule has 0 atom stereocenters. The van der Waals surface area contributed by atoms with Gasteiger partial charge in [-0.15, -0.1) is 0 Å². The Labute approximate surface area is 110 Å². The summed E-state index contributed by atoms with van der Waals surface area (Å²) in [5.41, 5.74) is 6.28. The zero-order valence-corrected chi connectivity index (χ0v) is 10.9. The Morgan fingerprint density at radius 3 is 2.39 bits per heavy atom. The van der Waals surface area contributed by atoms with Crippen molar-refractivity contribution in [3.63, 3.8) is 0 Å². The van der Waals surface area contributed by atoms with Gasteiger partial charge in [-0.3, -0.25) is 4.72 Å². The van der Waals surface area contributed by atoms with Crippen LogP contribution >= 0.6 is 11.6 Å². The monoisotopic (exact) mass is 282 g/mol. The van der Waals surface area contributed by atoms with Crippen molar-refractivity contribution in [3.05, 3.63) is 53.6 Å². The highest BCUT2D eigenvalue weighted by Gasteiger charge is 2.14. The highest BCUT2D eigenvalue weighted by atomic mass is 35.5. The molecule has 0 aliphatic heterocycles. The molecule has 0 radical (unpaired) electrons. The summed E-state index contributed by atoms with van der Waals surface area (Å²) in [7, 11) is -3.64. The summed E-state index contributed by atoms with van der Waals surface area (Å²) < 4.78 is 26.5. The molecule has 18 heavy (non-hydrogen) atoms. The van der Waals surface area contributed by atoms with Crippen molar-refractivity contribution in [2.75, 3.05) is 10.5 Å². The molecular weight excluding hydrogens is 272 g/mol. The lowest BCUT2D eigenvalue weighted by molar-refractivity contribution is 0.601. The van der Waals surface area contributed by atoms with E-state index in [1.807, 2.05) is 0 Å². The van der Waals surface area contributed by atoms with Crippen LogP contribution in [0.15, 0.2) is 53.4 Å². The quantitative estimate of drug-likeness (QED) is 0.850. The van der Waals surface area contributed by atoms with Gasteiger partial charge >= 0.3 is 0 Å². The highest BCUT2D eigenvalue weighted by Crippen LogP contribution is 2.25. The second-order valence-corrected chi connectivity index (χ2v) is 5.77. The molecule has 0 aliphatic carbocycles. The highest BCUT2D eigenvalue weighted by molar-refractivity contribution is 7.92. The first-order valence-corrected chi connectivity index (χ1v) is 6.98. The number of nitrogens with two attached hydrogens (primary N) is 1. The fraction of sp³-hybridized carbons (Fsp3) is 0.